The van der Waals surface area contributed by atoms with E-state index in [0.29, 0.717) is 17.7 Å². The van der Waals surface area contributed by atoms with Gasteiger partial charge >= 0.3 is 5.97 Å². The molecular weight excluding hydrogens is 168 g/mol. The molecule has 1 aromatic rings. The van der Waals surface area contributed by atoms with Gasteiger partial charge in [-0.2, -0.15) is 10.2 Å². The van der Waals surface area contributed by atoms with Gasteiger partial charge in [0.1, 0.15) is 0 Å². The number of carbonyl (C=O) groups is 1. The van der Waals surface area contributed by atoms with Gasteiger partial charge in [0.15, 0.2) is 0 Å². The van der Waals surface area contributed by atoms with E-state index in [9.17, 15) is 4.79 Å². The Labute approximate surface area is 76.2 Å². The average molecular weight is 178 g/mol. The third-order valence-corrected chi connectivity index (χ3v) is 1.45. The largest absolute Gasteiger partial charge is 0.462 e. The van der Waals surface area contributed by atoms with Crippen LogP contribution in [0.3, 0.4) is 0 Å². The van der Waals surface area contributed by atoms with Gasteiger partial charge in [0.2, 0.25) is 0 Å². The molecule has 0 spiro atoms. The van der Waals surface area contributed by atoms with Gasteiger partial charge < -0.3 is 4.74 Å². The molecule has 13 heavy (non-hydrogen) atoms. The first-order valence-corrected chi connectivity index (χ1v) is 3.88. The van der Waals surface area contributed by atoms with E-state index in [1.807, 2.05) is 0 Å². The number of carbonyl (C=O) groups excluding carboxylic acids is 1. The van der Waals surface area contributed by atoms with Crippen LogP contribution in [0.25, 0.3) is 5.57 Å². The monoisotopic (exact) mass is 178 g/mol. The molecule has 4 nitrogen and oxygen atoms in total. The van der Waals surface area contributed by atoms with Crippen molar-refractivity contribution >= 4 is 11.5 Å². The molecule has 0 radical (unpaired) electrons. The van der Waals surface area contributed by atoms with E-state index in [1.54, 1.807) is 13.0 Å². The molecule has 4 heteroatoms. The summed E-state index contributed by atoms with van der Waals surface area (Å²) >= 11 is 0. The van der Waals surface area contributed by atoms with Crippen LogP contribution in [0.2, 0.25) is 0 Å². The van der Waals surface area contributed by atoms with Gasteiger partial charge in [-0.3, -0.25) is 0 Å². The molecule has 0 aliphatic rings. The molecule has 0 unspecified atom stereocenters. The minimum Gasteiger partial charge on any atom is -0.462 e. The van der Waals surface area contributed by atoms with Crippen LogP contribution in [0.4, 0.5) is 0 Å². The summed E-state index contributed by atoms with van der Waals surface area (Å²) < 4.78 is 4.77. The molecule has 1 aromatic heterocycles. The quantitative estimate of drug-likeness (QED) is 0.513. The van der Waals surface area contributed by atoms with E-state index in [4.69, 9.17) is 4.74 Å². The highest BCUT2D eigenvalue weighted by molar-refractivity contribution is 6.15. The van der Waals surface area contributed by atoms with Gasteiger partial charge in [-0.25, -0.2) is 4.79 Å². The molecule has 1 heterocycles. The van der Waals surface area contributed by atoms with Crippen molar-refractivity contribution in [1.29, 1.82) is 0 Å². The Bertz CT molecular complexity index is 309. The standard InChI is InChI=1S/C9H10N2O2/c1-3-13-9(12)7(2)8-4-5-10-11-6-8/h4-6H,2-3H2,1H3. The number of hydrogen-bond acceptors (Lipinski definition) is 4. The molecule has 0 atom stereocenters. The maximum absolute atomic E-state index is 11.2. The lowest BCUT2D eigenvalue weighted by Gasteiger charge is -2.03. The van der Waals surface area contributed by atoms with E-state index in [1.165, 1.54) is 12.4 Å². The van der Waals surface area contributed by atoms with Crippen molar-refractivity contribution in [2.24, 2.45) is 0 Å². The normalized spacial score (nSPS) is 9.31. The molecule has 0 fully saturated rings. The third kappa shape index (κ3) is 2.37. The average Bonchev–Trinajstić information content (AvgIpc) is 2.18. The fourth-order valence-corrected chi connectivity index (χ4v) is 0.805. The number of rotatable bonds is 3. The second kappa shape index (κ2) is 4.35. The second-order valence-corrected chi connectivity index (χ2v) is 2.33. The van der Waals surface area contributed by atoms with Gasteiger partial charge in [0.25, 0.3) is 0 Å². The van der Waals surface area contributed by atoms with E-state index < -0.39 is 5.97 Å². The summed E-state index contributed by atoms with van der Waals surface area (Å²) in [7, 11) is 0. The van der Waals surface area contributed by atoms with Gasteiger partial charge in [0, 0.05) is 5.56 Å². The van der Waals surface area contributed by atoms with E-state index in [2.05, 4.69) is 16.8 Å². The molecule has 0 bridgehead atoms. The van der Waals surface area contributed by atoms with Crippen LogP contribution >= 0.6 is 0 Å². The van der Waals surface area contributed by atoms with Crippen molar-refractivity contribution in [1.82, 2.24) is 10.2 Å². The Morgan fingerprint density at radius 2 is 2.38 bits per heavy atom. The minimum absolute atomic E-state index is 0.303. The first-order valence-electron chi connectivity index (χ1n) is 3.88. The number of aromatic nitrogens is 2. The maximum Gasteiger partial charge on any atom is 0.338 e. The minimum atomic E-state index is -0.421. The SMILES string of the molecule is C=C(C(=O)OCC)c1ccnnc1. The zero-order valence-electron chi connectivity index (χ0n) is 7.36. The van der Waals surface area contributed by atoms with Crippen molar-refractivity contribution in [2.45, 2.75) is 6.92 Å². The van der Waals surface area contributed by atoms with Crippen molar-refractivity contribution < 1.29 is 9.53 Å². The van der Waals surface area contributed by atoms with Gasteiger partial charge in [-0.05, 0) is 13.0 Å². The van der Waals surface area contributed by atoms with E-state index in [0.717, 1.165) is 0 Å². The molecule has 0 aliphatic carbocycles. The highest BCUT2D eigenvalue weighted by atomic mass is 16.5. The summed E-state index contributed by atoms with van der Waals surface area (Å²) in [5.74, 6) is -0.421. The summed E-state index contributed by atoms with van der Waals surface area (Å²) in [6.07, 6.45) is 2.97. The number of esters is 1. The summed E-state index contributed by atoms with van der Waals surface area (Å²) in [4.78, 5) is 11.2. The maximum atomic E-state index is 11.2. The zero-order valence-corrected chi connectivity index (χ0v) is 7.36. The summed E-state index contributed by atoms with van der Waals surface area (Å²) in [5.41, 5.74) is 0.935. The Balaban J connectivity index is 2.74. The lowest BCUT2D eigenvalue weighted by molar-refractivity contribution is -0.136. The molecule has 0 amide bonds. The lowest BCUT2D eigenvalue weighted by atomic mass is 10.1. The van der Waals surface area contributed by atoms with Crippen molar-refractivity contribution in [3.8, 4) is 0 Å². The van der Waals surface area contributed by atoms with Crippen LogP contribution in [-0.2, 0) is 9.53 Å². The van der Waals surface area contributed by atoms with Crippen molar-refractivity contribution in [2.75, 3.05) is 6.61 Å². The van der Waals surface area contributed by atoms with Gasteiger partial charge in [0.05, 0.1) is 24.6 Å². The Hall–Kier alpha value is -1.71. The summed E-state index contributed by atoms with van der Waals surface area (Å²) in [5, 5.41) is 7.22. The van der Waals surface area contributed by atoms with Gasteiger partial charge in [-0.15, -0.1) is 0 Å². The Morgan fingerprint density at radius 3 is 2.92 bits per heavy atom. The molecule has 68 valence electrons. The topological polar surface area (TPSA) is 52.1 Å². The predicted octanol–water partition coefficient (Wildman–Crippen LogP) is 1.05. The predicted molar refractivity (Wildman–Crippen MR) is 47.7 cm³/mol. The van der Waals surface area contributed by atoms with Crippen molar-refractivity contribution in [3.05, 3.63) is 30.6 Å². The molecule has 0 saturated carbocycles. The zero-order chi connectivity index (χ0) is 9.68. The van der Waals surface area contributed by atoms with Crippen LogP contribution in [0.15, 0.2) is 25.0 Å². The van der Waals surface area contributed by atoms with Crippen molar-refractivity contribution in [3.63, 3.8) is 0 Å². The third-order valence-electron chi connectivity index (χ3n) is 1.45. The first kappa shape index (κ1) is 9.38. The molecular formula is C9H10N2O2. The highest BCUT2D eigenvalue weighted by Gasteiger charge is 2.09. The summed E-state index contributed by atoms with van der Waals surface area (Å²) in [6, 6.07) is 1.66. The smallest absolute Gasteiger partial charge is 0.338 e. The first-order chi connectivity index (χ1) is 6.25. The number of hydrogen-bond donors (Lipinski definition) is 0. The molecule has 0 N–H and O–H groups in total. The van der Waals surface area contributed by atoms with Crippen LogP contribution in [0, 0.1) is 0 Å². The highest BCUT2D eigenvalue weighted by Crippen LogP contribution is 2.10. The van der Waals surface area contributed by atoms with E-state index in [-0.39, 0.29) is 0 Å². The number of nitrogens with zero attached hydrogens (tertiary/aromatic N) is 2. The molecule has 0 aliphatic heterocycles. The van der Waals surface area contributed by atoms with Crippen LogP contribution in [0.1, 0.15) is 12.5 Å². The Morgan fingerprint density at radius 1 is 1.62 bits per heavy atom. The van der Waals surface area contributed by atoms with E-state index >= 15 is 0 Å². The van der Waals surface area contributed by atoms with Gasteiger partial charge in [-0.1, -0.05) is 6.58 Å². The fourth-order valence-electron chi connectivity index (χ4n) is 0.805. The molecule has 0 saturated heterocycles. The van der Waals surface area contributed by atoms with Crippen LogP contribution in [0.5, 0.6) is 0 Å². The lowest BCUT2D eigenvalue weighted by Crippen LogP contribution is -2.06. The fraction of sp³-hybridized carbons (Fsp3) is 0.222. The van der Waals surface area contributed by atoms with Crippen LogP contribution in [-0.4, -0.2) is 22.8 Å². The summed E-state index contributed by atoms with van der Waals surface area (Å²) in [6.45, 7) is 5.69. The number of ether oxygens (including phenoxy) is 1. The molecule has 0 aromatic carbocycles. The molecule has 1 rings (SSSR count). The second-order valence-electron chi connectivity index (χ2n) is 2.33. The Kier molecular flexibility index (Phi) is 3.14. The van der Waals surface area contributed by atoms with Crippen LogP contribution < -0.4 is 0 Å².